The van der Waals surface area contributed by atoms with Crippen molar-refractivity contribution in [2.45, 2.75) is 18.9 Å². The molecule has 6 nitrogen and oxygen atoms in total. The fourth-order valence-corrected chi connectivity index (χ4v) is 3.86. The van der Waals surface area contributed by atoms with E-state index in [9.17, 15) is 4.79 Å². The van der Waals surface area contributed by atoms with Crippen molar-refractivity contribution in [1.82, 2.24) is 14.9 Å². The number of rotatable bonds is 5. The normalized spacial score (nSPS) is 15.8. The first kappa shape index (κ1) is 19.9. The van der Waals surface area contributed by atoms with E-state index >= 15 is 0 Å². The fraction of sp³-hybridized carbons (Fsp3) is 0.292. The van der Waals surface area contributed by atoms with E-state index in [1.54, 1.807) is 13.3 Å². The minimum absolute atomic E-state index is 0.0442. The Morgan fingerprint density at radius 2 is 1.97 bits per heavy atom. The molecule has 2 aromatic carbocycles. The van der Waals surface area contributed by atoms with Crippen LogP contribution in [0.2, 0.25) is 0 Å². The van der Waals surface area contributed by atoms with Gasteiger partial charge in [0.15, 0.2) is 5.82 Å². The van der Waals surface area contributed by atoms with Crippen molar-refractivity contribution in [2.24, 2.45) is 0 Å². The Balaban J connectivity index is 1.62. The molecule has 0 bridgehead atoms. The van der Waals surface area contributed by atoms with Crippen LogP contribution >= 0.6 is 0 Å². The van der Waals surface area contributed by atoms with E-state index < -0.39 is 0 Å². The SMILES string of the molecule is COc1cccc(-c2nccc([C@@H]3CCCN3C(=O)c3cccc(N(C)C)c3)n2)c1. The van der Waals surface area contributed by atoms with Crippen molar-refractivity contribution in [3.8, 4) is 17.1 Å². The van der Waals surface area contributed by atoms with E-state index in [4.69, 9.17) is 9.72 Å². The highest BCUT2D eigenvalue weighted by atomic mass is 16.5. The summed E-state index contributed by atoms with van der Waals surface area (Å²) in [6, 6.07) is 17.3. The third-order valence-corrected chi connectivity index (χ3v) is 5.47. The molecule has 3 aromatic rings. The Kier molecular flexibility index (Phi) is 5.65. The molecule has 0 spiro atoms. The zero-order valence-corrected chi connectivity index (χ0v) is 17.6. The minimum atomic E-state index is -0.0483. The average Bonchev–Trinajstić information content (AvgIpc) is 3.29. The highest BCUT2D eigenvalue weighted by molar-refractivity contribution is 5.95. The summed E-state index contributed by atoms with van der Waals surface area (Å²) in [5, 5.41) is 0. The summed E-state index contributed by atoms with van der Waals surface area (Å²) in [6.07, 6.45) is 3.63. The molecule has 1 aliphatic rings. The maximum atomic E-state index is 13.3. The van der Waals surface area contributed by atoms with Crippen molar-refractivity contribution in [1.29, 1.82) is 0 Å². The van der Waals surface area contributed by atoms with Gasteiger partial charge in [-0.15, -0.1) is 0 Å². The summed E-state index contributed by atoms with van der Waals surface area (Å²) in [5.41, 5.74) is 3.48. The molecule has 1 fully saturated rings. The lowest BCUT2D eigenvalue weighted by Crippen LogP contribution is -2.31. The highest BCUT2D eigenvalue weighted by Gasteiger charge is 2.32. The molecule has 1 aliphatic heterocycles. The molecular formula is C24H26N4O2. The molecule has 30 heavy (non-hydrogen) atoms. The van der Waals surface area contributed by atoms with Gasteiger partial charge in [0.2, 0.25) is 0 Å². The number of carbonyl (C=O) groups is 1. The minimum Gasteiger partial charge on any atom is -0.497 e. The number of hydrogen-bond acceptors (Lipinski definition) is 5. The summed E-state index contributed by atoms with van der Waals surface area (Å²) in [6.45, 7) is 0.730. The molecule has 154 valence electrons. The van der Waals surface area contributed by atoms with Crippen LogP contribution in [0.1, 0.15) is 34.9 Å². The Hall–Kier alpha value is -3.41. The van der Waals surface area contributed by atoms with E-state index in [1.165, 1.54) is 0 Å². The van der Waals surface area contributed by atoms with Gasteiger partial charge in [-0.25, -0.2) is 9.97 Å². The molecule has 0 unspecified atom stereocenters. The number of nitrogens with zero attached hydrogens (tertiary/aromatic N) is 4. The number of anilines is 1. The molecule has 1 amide bonds. The molecule has 1 atom stereocenters. The van der Waals surface area contributed by atoms with Gasteiger partial charge in [0, 0.05) is 43.7 Å². The maximum absolute atomic E-state index is 13.3. The van der Waals surface area contributed by atoms with Crippen LogP contribution in [0.15, 0.2) is 60.8 Å². The van der Waals surface area contributed by atoms with Crippen molar-refractivity contribution in [3.05, 3.63) is 72.1 Å². The van der Waals surface area contributed by atoms with Gasteiger partial charge in [0.25, 0.3) is 5.91 Å². The van der Waals surface area contributed by atoms with Gasteiger partial charge in [-0.1, -0.05) is 18.2 Å². The number of hydrogen-bond donors (Lipinski definition) is 0. The van der Waals surface area contributed by atoms with E-state index in [1.807, 2.05) is 78.5 Å². The smallest absolute Gasteiger partial charge is 0.254 e. The van der Waals surface area contributed by atoms with Crippen LogP contribution in [0.25, 0.3) is 11.4 Å². The van der Waals surface area contributed by atoms with Crippen LogP contribution in [0.3, 0.4) is 0 Å². The van der Waals surface area contributed by atoms with Crippen LogP contribution < -0.4 is 9.64 Å². The largest absolute Gasteiger partial charge is 0.497 e. The Labute approximate surface area is 177 Å². The molecular weight excluding hydrogens is 376 g/mol. The van der Waals surface area contributed by atoms with Crippen molar-refractivity contribution in [3.63, 3.8) is 0 Å². The fourth-order valence-electron chi connectivity index (χ4n) is 3.86. The Morgan fingerprint density at radius 3 is 2.77 bits per heavy atom. The lowest BCUT2D eigenvalue weighted by Gasteiger charge is -2.25. The number of ether oxygens (including phenoxy) is 1. The van der Waals surface area contributed by atoms with Crippen LogP contribution in [0.4, 0.5) is 5.69 Å². The number of benzene rings is 2. The quantitative estimate of drug-likeness (QED) is 0.640. The highest BCUT2D eigenvalue weighted by Crippen LogP contribution is 2.33. The zero-order chi connectivity index (χ0) is 21.1. The van der Waals surface area contributed by atoms with Crippen molar-refractivity contribution < 1.29 is 9.53 Å². The number of methoxy groups -OCH3 is 1. The van der Waals surface area contributed by atoms with Crippen molar-refractivity contribution >= 4 is 11.6 Å². The standard InChI is InChI=1S/C24H26N4O2/c1-27(2)19-9-4-8-18(15-19)24(29)28-14-6-11-22(28)21-12-13-25-23(26-21)17-7-5-10-20(16-17)30-3/h4-5,7-10,12-13,15-16,22H,6,11,14H2,1-3H3/t22-/m0/s1. The van der Waals surface area contributed by atoms with E-state index in [0.29, 0.717) is 11.4 Å². The van der Waals surface area contributed by atoms with Crippen LogP contribution in [-0.4, -0.2) is 48.5 Å². The number of aromatic nitrogens is 2. The summed E-state index contributed by atoms with van der Waals surface area (Å²) in [5.74, 6) is 1.45. The number of amides is 1. The van der Waals surface area contributed by atoms with Gasteiger partial charge in [-0.3, -0.25) is 4.79 Å². The van der Waals surface area contributed by atoms with Gasteiger partial charge in [-0.2, -0.15) is 0 Å². The van der Waals surface area contributed by atoms with Crippen LogP contribution in [0, 0.1) is 0 Å². The lowest BCUT2D eigenvalue weighted by molar-refractivity contribution is 0.0733. The Morgan fingerprint density at radius 1 is 1.13 bits per heavy atom. The van der Waals surface area contributed by atoms with Gasteiger partial charge in [0.05, 0.1) is 18.8 Å². The first-order valence-corrected chi connectivity index (χ1v) is 10.1. The second-order valence-corrected chi connectivity index (χ2v) is 7.64. The monoisotopic (exact) mass is 402 g/mol. The Bertz CT molecular complexity index is 1050. The summed E-state index contributed by atoms with van der Waals surface area (Å²) in [4.78, 5) is 26.5. The van der Waals surface area contributed by atoms with Crippen molar-refractivity contribution in [2.75, 3.05) is 32.6 Å². The van der Waals surface area contributed by atoms with E-state index in [2.05, 4.69) is 4.98 Å². The predicted octanol–water partition coefficient (Wildman–Crippen LogP) is 4.20. The second-order valence-electron chi connectivity index (χ2n) is 7.64. The summed E-state index contributed by atoms with van der Waals surface area (Å²) >= 11 is 0. The third-order valence-electron chi connectivity index (χ3n) is 5.47. The third kappa shape index (κ3) is 3.99. The molecule has 0 saturated carbocycles. The molecule has 0 aliphatic carbocycles. The maximum Gasteiger partial charge on any atom is 0.254 e. The first-order valence-electron chi connectivity index (χ1n) is 10.1. The summed E-state index contributed by atoms with van der Waals surface area (Å²) in [7, 11) is 5.59. The van der Waals surface area contributed by atoms with E-state index in [-0.39, 0.29) is 11.9 Å². The van der Waals surface area contributed by atoms with Gasteiger partial charge < -0.3 is 14.5 Å². The van der Waals surface area contributed by atoms with Gasteiger partial charge >= 0.3 is 0 Å². The second kappa shape index (κ2) is 8.53. The zero-order valence-electron chi connectivity index (χ0n) is 17.6. The molecule has 6 heteroatoms. The predicted molar refractivity (Wildman–Crippen MR) is 118 cm³/mol. The molecule has 4 rings (SSSR count). The van der Waals surface area contributed by atoms with Crippen LogP contribution in [-0.2, 0) is 0 Å². The van der Waals surface area contributed by atoms with Crippen LogP contribution in [0.5, 0.6) is 5.75 Å². The average molecular weight is 402 g/mol. The van der Waals surface area contributed by atoms with Gasteiger partial charge in [-0.05, 0) is 49.2 Å². The number of likely N-dealkylation sites (tertiary alicyclic amines) is 1. The molecule has 1 aromatic heterocycles. The molecule has 2 heterocycles. The molecule has 1 saturated heterocycles. The summed E-state index contributed by atoms with van der Waals surface area (Å²) < 4.78 is 5.32. The van der Waals surface area contributed by atoms with Gasteiger partial charge in [0.1, 0.15) is 5.75 Å². The molecule has 0 radical (unpaired) electrons. The lowest BCUT2D eigenvalue weighted by atomic mass is 10.1. The first-order chi connectivity index (χ1) is 14.6. The van der Waals surface area contributed by atoms with E-state index in [0.717, 1.165) is 42.1 Å². The molecule has 0 N–H and O–H groups in total. The topological polar surface area (TPSA) is 58.6 Å². The number of carbonyl (C=O) groups excluding carboxylic acids is 1.